The minimum Gasteiger partial charge on any atom is -0.354 e. The van der Waals surface area contributed by atoms with Crippen LogP contribution in [0.5, 0.6) is 0 Å². The van der Waals surface area contributed by atoms with Crippen molar-refractivity contribution in [2.45, 2.75) is 25.3 Å². The monoisotopic (exact) mass is 250 g/mol. The van der Waals surface area contributed by atoms with Crippen LogP contribution in [-0.4, -0.2) is 24.4 Å². The molecular weight excluding hydrogens is 235 g/mol. The molecule has 5 heteroatoms. The highest BCUT2D eigenvalue weighted by atomic mass is 19.1. The van der Waals surface area contributed by atoms with E-state index in [4.69, 9.17) is 0 Å². The van der Waals surface area contributed by atoms with E-state index in [1.807, 2.05) is 0 Å². The third kappa shape index (κ3) is 3.55. The average Bonchev–Trinajstić information content (AvgIpc) is 2.35. The number of hydrogen-bond donors (Lipinski definition) is 2. The first-order chi connectivity index (χ1) is 8.63. The van der Waals surface area contributed by atoms with Gasteiger partial charge in [-0.25, -0.2) is 4.39 Å². The first kappa shape index (κ1) is 12.5. The van der Waals surface area contributed by atoms with Gasteiger partial charge < -0.3 is 10.6 Å². The molecule has 2 rings (SSSR count). The maximum Gasteiger partial charge on any atom is 0.224 e. The van der Waals surface area contributed by atoms with E-state index in [2.05, 4.69) is 10.6 Å². The Morgan fingerprint density at radius 2 is 2.11 bits per heavy atom. The zero-order valence-electron chi connectivity index (χ0n) is 9.91. The van der Waals surface area contributed by atoms with Gasteiger partial charge in [0.1, 0.15) is 5.82 Å². The molecule has 1 unspecified atom stereocenters. The lowest BCUT2D eigenvalue weighted by atomic mass is 10.1. The number of hydrogen-bond acceptors (Lipinski definition) is 2. The van der Waals surface area contributed by atoms with Crippen LogP contribution >= 0.6 is 0 Å². The standard InChI is InChI=1S/C13H15FN2O2/c14-10-3-1-9(2-4-10)7-13(18)16-11-5-6-12(17)15-8-11/h1-4,11H,5-8H2,(H,15,17)(H,16,18). The lowest BCUT2D eigenvalue weighted by Crippen LogP contribution is -2.48. The first-order valence-corrected chi connectivity index (χ1v) is 5.94. The van der Waals surface area contributed by atoms with Crippen molar-refractivity contribution in [3.8, 4) is 0 Å². The van der Waals surface area contributed by atoms with Crippen LogP contribution in [0.2, 0.25) is 0 Å². The summed E-state index contributed by atoms with van der Waals surface area (Å²) < 4.78 is 12.7. The van der Waals surface area contributed by atoms with Crippen molar-refractivity contribution in [1.29, 1.82) is 0 Å². The van der Waals surface area contributed by atoms with E-state index in [9.17, 15) is 14.0 Å². The predicted molar refractivity (Wildman–Crippen MR) is 64.3 cm³/mol. The fourth-order valence-electron chi connectivity index (χ4n) is 1.92. The maximum atomic E-state index is 12.7. The van der Waals surface area contributed by atoms with Gasteiger partial charge in [-0.05, 0) is 24.1 Å². The fraction of sp³-hybridized carbons (Fsp3) is 0.385. The van der Waals surface area contributed by atoms with Crippen LogP contribution in [0.3, 0.4) is 0 Å². The third-order valence-electron chi connectivity index (χ3n) is 2.91. The van der Waals surface area contributed by atoms with E-state index >= 15 is 0 Å². The number of carbonyl (C=O) groups excluding carboxylic acids is 2. The molecule has 0 radical (unpaired) electrons. The topological polar surface area (TPSA) is 58.2 Å². The molecule has 0 spiro atoms. The van der Waals surface area contributed by atoms with Crippen LogP contribution in [0.25, 0.3) is 0 Å². The van der Waals surface area contributed by atoms with Crippen LogP contribution in [0.15, 0.2) is 24.3 Å². The van der Waals surface area contributed by atoms with Crippen molar-refractivity contribution in [3.63, 3.8) is 0 Å². The summed E-state index contributed by atoms with van der Waals surface area (Å²) in [5.41, 5.74) is 0.772. The Kier molecular flexibility index (Phi) is 3.92. The second-order valence-corrected chi connectivity index (χ2v) is 4.41. The van der Waals surface area contributed by atoms with E-state index in [1.54, 1.807) is 12.1 Å². The van der Waals surface area contributed by atoms with E-state index in [-0.39, 0.29) is 30.1 Å². The molecule has 1 fully saturated rings. The van der Waals surface area contributed by atoms with Gasteiger partial charge in [-0.1, -0.05) is 12.1 Å². The highest BCUT2D eigenvalue weighted by Gasteiger charge is 2.19. The number of amides is 2. The Balaban J connectivity index is 1.81. The van der Waals surface area contributed by atoms with Crippen molar-refractivity contribution in [2.75, 3.05) is 6.54 Å². The van der Waals surface area contributed by atoms with E-state index < -0.39 is 0 Å². The molecule has 1 aromatic carbocycles. The maximum absolute atomic E-state index is 12.7. The lowest BCUT2D eigenvalue weighted by molar-refractivity contribution is -0.125. The molecular formula is C13H15FN2O2. The summed E-state index contributed by atoms with van der Waals surface area (Å²) in [6.07, 6.45) is 1.34. The molecule has 0 bridgehead atoms. The third-order valence-corrected chi connectivity index (χ3v) is 2.91. The molecule has 1 aromatic rings. The second-order valence-electron chi connectivity index (χ2n) is 4.41. The molecule has 2 N–H and O–H groups in total. The van der Waals surface area contributed by atoms with Crippen molar-refractivity contribution in [2.24, 2.45) is 0 Å². The van der Waals surface area contributed by atoms with Gasteiger partial charge in [0.25, 0.3) is 0 Å². The fourth-order valence-corrected chi connectivity index (χ4v) is 1.92. The van der Waals surface area contributed by atoms with Crippen molar-refractivity contribution >= 4 is 11.8 Å². The number of carbonyl (C=O) groups is 2. The molecule has 1 heterocycles. The molecule has 1 aliphatic heterocycles. The highest BCUT2D eigenvalue weighted by Crippen LogP contribution is 2.06. The Bertz CT molecular complexity index is 435. The SMILES string of the molecule is O=C1CCC(NC(=O)Cc2ccc(F)cc2)CN1. The predicted octanol–water partition coefficient (Wildman–Crippen LogP) is 0.763. The van der Waals surface area contributed by atoms with E-state index in [0.717, 1.165) is 5.56 Å². The van der Waals surface area contributed by atoms with Gasteiger partial charge in [-0.2, -0.15) is 0 Å². The van der Waals surface area contributed by atoms with Gasteiger partial charge >= 0.3 is 0 Å². The van der Waals surface area contributed by atoms with Crippen molar-refractivity contribution in [3.05, 3.63) is 35.6 Å². The van der Waals surface area contributed by atoms with Crippen LogP contribution in [0.4, 0.5) is 4.39 Å². The Morgan fingerprint density at radius 1 is 1.39 bits per heavy atom. The van der Waals surface area contributed by atoms with Crippen molar-refractivity contribution < 1.29 is 14.0 Å². The average molecular weight is 250 g/mol. The molecule has 18 heavy (non-hydrogen) atoms. The molecule has 1 saturated heterocycles. The summed E-state index contributed by atoms with van der Waals surface area (Å²) in [4.78, 5) is 22.7. The molecule has 0 saturated carbocycles. The van der Waals surface area contributed by atoms with E-state index in [1.165, 1.54) is 12.1 Å². The highest BCUT2D eigenvalue weighted by molar-refractivity contribution is 5.80. The lowest BCUT2D eigenvalue weighted by Gasteiger charge is -2.23. The number of halogens is 1. The molecule has 96 valence electrons. The van der Waals surface area contributed by atoms with Crippen LogP contribution < -0.4 is 10.6 Å². The van der Waals surface area contributed by atoms with E-state index in [0.29, 0.717) is 19.4 Å². The normalized spacial score (nSPS) is 19.2. The number of rotatable bonds is 3. The Morgan fingerprint density at radius 3 is 2.72 bits per heavy atom. The zero-order chi connectivity index (χ0) is 13.0. The van der Waals surface area contributed by atoms with Gasteiger partial charge in [-0.3, -0.25) is 9.59 Å². The van der Waals surface area contributed by atoms with Gasteiger partial charge in [0.15, 0.2) is 0 Å². The van der Waals surface area contributed by atoms with Gasteiger partial charge in [0.05, 0.1) is 6.42 Å². The smallest absolute Gasteiger partial charge is 0.224 e. The van der Waals surface area contributed by atoms with Crippen LogP contribution in [-0.2, 0) is 16.0 Å². The number of piperidine rings is 1. The summed E-state index contributed by atoms with van der Waals surface area (Å²) in [6.45, 7) is 0.480. The Hall–Kier alpha value is -1.91. The summed E-state index contributed by atoms with van der Waals surface area (Å²) in [5, 5.41) is 5.56. The second kappa shape index (κ2) is 5.62. The summed E-state index contributed by atoms with van der Waals surface area (Å²) >= 11 is 0. The molecule has 4 nitrogen and oxygen atoms in total. The van der Waals surface area contributed by atoms with Gasteiger partial charge in [-0.15, -0.1) is 0 Å². The molecule has 2 amide bonds. The van der Waals surface area contributed by atoms with Gasteiger partial charge in [0.2, 0.25) is 11.8 Å². The minimum absolute atomic E-state index is 0.00403. The minimum atomic E-state index is -0.311. The molecule has 0 aliphatic carbocycles. The number of benzene rings is 1. The molecule has 0 aromatic heterocycles. The largest absolute Gasteiger partial charge is 0.354 e. The van der Waals surface area contributed by atoms with Gasteiger partial charge in [0, 0.05) is 19.0 Å². The quantitative estimate of drug-likeness (QED) is 0.832. The molecule has 1 aliphatic rings. The zero-order valence-corrected chi connectivity index (χ0v) is 9.91. The summed E-state index contributed by atoms with van der Waals surface area (Å²) in [7, 11) is 0. The van der Waals surface area contributed by atoms with Crippen LogP contribution in [0.1, 0.15) is 18.4 Å². The first-order valence-electron chi connectivity index (χ1n) is 5.94. The molecule has 1 atom stereocenters. The Labute approximate surface area is 105 Å². The summed E-state index contributed by atoms with van der Waals surface area (Å²) in [5.74, 6) is -0.393. The van der Waals surface area contributed by atoms with Crippen LogP contribution in [0, 0.1) is 5.82 Å². The van der Waals surface area contributed by atoms with Crippen molar-refractivity contribution in [1.82, 2.24) is 10.6 Å². The summed E-state index contributed by atoms with van der Waals surface area (Å²) in [6, 6.07) is 5.86. The number of nitrogens with one attached hydrogen (secondary N) is 2.